The van der Waals surface area contributed by atoms with Gasteiger partial charge in [0.1, 0.15) is 5.75 Å². The molecular weight excluding hydrogens is 312 g/mol. The highest BCUT2D eigenvalue weighted by Gasteiger charge is 2.14. The lowest BCUT2D eigenvalue weighted by atomic mass is 10.0. The summed E-state index contributed by atoms with van der Waals surface area (Å²) in [6.45, 7) is 10.5. The molecule has 4 nitrogen and oxygen atoms in total. The summed E-state index contributed by atoms with van der Waals surface area (Å²) >= 11 is 0. The number of carbonyl (C=O) groups excluding carboxylic acids is 1. The minimum absolute atomic E-state index is 0.282. The van der Waals surface area contributed by atoms with Crippen LogP contribution in [0.15, 0.2) is 30.5 Å². The van der Waals surface area contributed by atoms with Crippen molar-refractivity contribution < 1.29 is 9.53 Å². The van der Waals surface area contributed by atoms with Crippen LogP contribution in [-0.4, -0.2) is 28.9 Å². The normalized spacial score (nSPS) is 12.3. The van der Waals surface area contributed by atoms with E-state index in [1.54, 1.807) is 0 Å². The largest absolute Gasteiger partial charge is 0.426 e. The van der Waals surface area contributed by atoms with Crippen molar-refractivity contribution in [1.82, 2.24) is 9.88 Å². The number of ether oxygens (including phenoxy) is 1. The van der Waals surface area contributed by atoms with Crippen LogP contribution in [0.4, 0.5) is 0 Å². The van der Waals surface area contributed by atoms with E-state index in [0.29, 0.717) is 11.8 Å². The van der Waals surface area contributed by atoms with Gasteiger partial charge in [-0.3, -0.25) is 14.7 Å². The first kappa shape index (κ1) is 19.1. The van der Waals surface area contributed by atoms with Crippen LogP contribution in [0.5, 0.6) is 5.75 Å². The number of esters is 1. The summed E-state index contributed by atoms with van der Waals surface area (Å²) in [5.41, 5.74) is 5.57. The average molecular weight is 340 g/mol. The standard InChI is InChI=1S/C21H28N2O2/c1-14-7-8-22-20(9-14)12-17(4)23(6)13-19-10-15(2)21(16(3)11-19)25-18(5)24/h7-11,17H,12-13H2,1-6H3/t17-/m0/s1. The molecule has 4 heteroatoms. The zero-order chi connectivity index (χ0) is 18.6. The lowest BCUT2D eigenvalue weighted by molar-refractivity contribution is -0.131. The Labute approximate surface area is 150 Å². The molecule has 1 atom stereocenters. The number of nitrogens with zero attached hydrogens (tertiary/aromatic N) is 2. The SMILES string of the molecule is CC(=O)Oc1c(C)cc(CN(C)[C@@H](C)Cc2cc(C)ccn2)cc1C. The van der Waals surface area contributed by atoms with Crippen LogP contribution in [0.1, 0.15) is 41.8 Å². The van der Waals surface area contributed by atoms with Gasteiger partial charge >= 0.3 is 5.97 Å². The maximum Gasteiger partial charge on any atom is 0.308 e. The van der Waals surface area contributed by atoms with Gasteiger partial charge in [0.2, 0.25) is 0 Å². The Hall–Kier alpha value is -2.20. The maximum absolute atomic E-state index is 11.2. The van der Waals surface area contributed by atoms with E-state index < -0.39 is 0 Å². The lowest BCUT2D eigenvalue weighted by Gasteiger charge is -2.25. The fraction of sp³-hybridized carbons (Fsp3) is 0.429. The van der Waals surface area contributed by atoms with E-state index in [-0.39, 0.29) is 5.97 Å². The third kappa shape index (κ3) is 5.40. The molecule has 25 heavy (non-hydrogen) atoms. The third-order valence-electron chi connectivity index (χ3n) is 4.43. The second-order valence-corrected chi connectivity index (χ2v) is 6.95. The number of benzene rings is 1. The second-order valence-electron chi connectivity index (χ2n) is 6.95. The molecule has 0 aliphatic carbocycles. The first-order valence-corrected chi connectivity index (χ1v) is 8.66. The zero-order valence-electron chi connectivity index (χ0n) is 16.1. The van der Waals surface area contributed by atoms with Crippen LogP contribution in [0, 0.1) is 20.8 Å². The molecular formula is C21H28N2O2. The predicted molar refractivity (Wildman–Crippen MR) is 101 cm³/mol. The van der Waals surface area contributed by atoms with Gasteiger partial charge in [-0.15, -0.1) is 0 Å². The Morgan fingerprint density at radius 2 is 1.84 bits per heavy atom. The van der Waals surface area contributed by atoms with Gasteiger partial charge in [0, 0.05) is 37.8 Å². The van der Waals surface area contributed by atoms with E-state index in [1.807, 2.05) is 26.1 Å². The number of aromatic nitrogens is 1. The number of hydrogen-bond donors (Lipinski definition) is 0. The van der Waals surface area contributed by atoms with Gasteiger partial charge in [-0.2, -0.15) is 0 Å². The van der Waals surface area contributed by atoms with Crippen LogP contribution in [0.3, 0.4) is 0 Å². The second kappa shape index (κ2) is 8.26. The number of pyridine rings is 1. The first-order chi connectivity index (χ1) is 11.8. The van der Waals surface area contributed by atoms with Crippen LogP contribution < -0.4 is 4.74 Å². The topological polar surface area (TPSA) is 42.4 Å². The van der Waals surface area contributed by atoms with Crippen LogP contribution in [0.25, 0.3) is 0 Å². The molecule has 0 saturated carbocycles. The molecule has 0 amide bonds. The molecule has 0 radical (unpaired) electrons. The van der Waals surface area contributed by atoms with Gasteiger partial charge in [0.15, 0.2) is 0 Å². The van der Waals surface area contributed by atoms with E-state index in [2.05, 4.69) is 49.0 Å². The van der Waals surface area contributed by atoms with Gasteiger partial charge in [-0.25, -0.2) is 0 Å². The predicted octanol–water partition coefficient (Wildman–Crippen LogP) is 4.00. The Bertz CT molecular complexity index is 732. The summed E-state index contributed by atoms with van der Waals surface area (Å²) in [6, 6.07) is 8.74. The van der Waals surface area contributed by atoms with E-state index in [9.17, 15) is 4.79 Å². The van der Waals surface area contributed by atoms with Crippen molar-refractivity contribution in [1.29, 1.82) is 0 Å². The van der Waals surface area contributed by atoms with E-state index in [0.717, 1.165) is 29.8 Å². The molecule has 2 rings (SSSR count). The summed E-state index contributed by atoms with van der Waals surface area (Å²) in [5, 5.41) is 0. The summed E-state index contributed by atoms with van der Waals surface area (Å²) in [5.74, 6) is 0.395. The van der Waals surface area contributed by atoms with Crippen molar-refractivity contribution in [3.8, 4) is 5.75 Å². The Morgan fingerprint density at radius 3 is 2.40 bits per heavy atom. The van der Waals surface area contributed by atoms with Crippen molar-refractivity contribution in [3.05, 3.63) is 58.4 Å². The summed E-state index contributed by atoms with van der Waals surface area (Å²) in [7, 11) is 2.13. The molecule has 1 aromatic carbocycles. The zero-order valence-corrected chi connectivity index (χ0v) is 16.1. The van der Waals surface area contributed by atoms with E-state index >= 15 is 0 Å². The molecule has 1 heterocycles. The van der Waals surface area contributed by atoms with Crippen molar-refractivity contribution in [2.24, 2.45) is 0 Å². The van der Waals surface area contributed by atoms with Crippen molar-refractivity contribution in [2.45, 2.75) is 53.6 Å². The van der Waals surface area contributed by atoms with Crippen molar-refractivity contribution >= 4 is 5.97 Å². The molecule has 0 aliphatic heterocycles. The van der Waals surface area contributed by atoms with E-state index in [1.165, 1.54) is 18.1 Å². The highest BCUT2D eigenvalue weighted by Crippen LogP contribution is 2.26. The fourth-order valence-electron chi connectivity index (χ4n) is 3.05. The highest BCUT2D eigenvalue weighted by atomic mass is 16.5. The van der Waals surface area contributed by atoms with Crippen LogP contribution >= 0.6 is 0 Å². The van der Waals surface area contributed by atoms with Crippen LogP contribution in [-0.2, 0) is 17.8 Å². The van der Waals surface area contributed by atoms with Crippen LogP contribution in [0.2, 0.25) is 0 Å². The van der Waals surface area contributed by atoms with E-state index in [4.69, 9.17) is 4.74 Å². The fourth-order valence-corrected chi connectivity index (χ4v) is 3.05. The third-order valence-corrected chi connectivity index (χ3v) is 4.43. The molecule has 0 saturated heterocycles. The molecule has 2 aromatic rings. The molecule has 1 aromatic heterocycles. The molecule has 0 unspecified atom stereocenters. The number of carbonyl (C=O) groups is 1. The number of hydrogen-bond acceptors (Lipinski definition) is 4. The molecule has 0 fully saturated rings. The number of aryl methyl sites for hydroxylation is 3. The summed E-state index contributed by atoms with van der Waals surface area (Å²) in [6.07, 6.45) is 2.79. The summed E-state index contributed by atoms with van der Waals surface area (Å²) in [4.78, 5) is 18.0. The smallest absolute Gasteiger partial charge is 0.308 e. The van der Waals surface area contributed by atoms with Gasteiger partial charge in [0.25, 0.3) is 0 Å². The van der Waals surface area contributed by atoms with Gasteiger partial charge < -0.3 is 4.74 Å². The number of rotatable bonds is 6. The first-order valence-electron chi connectivity index (χ1n) is 8.66. The quantitative estimate of drug-likeness (QED) is 0.589. The average Bonchev–Trinajstić information content (AvgIpc) is 2.50. The summed E-state index contributed by atoms with van der Waals surface area (Å²) < 4.78 is 5.31. The molecule has 134 valence electrons. The molecule has 0 aliphatic rings. The van der Waals surface area contributed by atoms with Gasteiger partial charge in [0.05, 0.1) is 0 Å². The Morgan fingerprint density at radius 1 is 1.20 bits per heavy atom. The maximum atomic E-state index is 11.2. The Kier molecular flexibility index (Phi) is 6.32. The molecule has 0 spiro atoms. The minimum Gasteiger partial charge on any atom is -0.426 e. The van der Waals surface area contributed by atoms with Crippen molar-refractivity contribution in [3.63, 3.8) is 0 Å². The lowest BCUT2D eigenvalue weighted by Crippen LogP contribution is -2.30. The molecule has 0 bridgehead atoms. The molecule has 0 N–H and O–H groups in total. The van der Waals surface area contributed by atoms with Gasteiger partial charge in [-0.05, 0) is 69.1 Å². The monoisotopic (exact) mass is 340 g/mol. The highest BCUT2D eigenvalue weighted by molar-refractivity contribution is 5.70. The van der Waals surface area contributed by atoms with Gasteiger partial charge in [-0.1, -0.05) is 12.1 Å². The Balaban J connectivity index is 2.06. The van der Waals surface area contributed by atoms with Crippen molar-refractivity contribution in [2.75, 3.05) is 7.05 Å². The number of likely N-dealkylation sites (N-methyl/N-ethyl adjacent to an activating group) is 1. The minimum atomic E-state index is -0.282.